The smallest absolute Gasteiger partial charge is 0.410 e. The number of carbonyl (C=O) groups excluding carboxylic acids is 1. The van der Waals surface area contributed by atoms with E-state index in [9.17, 15) is 4.79 Å². The van der Waals surface area contributed by atoms with Crippen LogP contribution in [-0.2, 0) is 4.74 Å². The van der Waals surface area contributed by atoms with Gasteiger partial charge in [0.2, 0.25) is 0 Å². The van der Waals surface area contributed by atoms with Crippen LogP contribution in [0.1, 0.15) is 33.6 Å². The summed E-state index contributed by atoms with van der Waals surface area (Å²) in [7, 11) is 1.80. The van der Waals surface area contributed by atoms with Gasteiger partial charge >= 0.3 is 6.09 Å². The average Bonchev–Trinajstić information content (AvgIpc) is 2.45. The van der Waals surface area contributed by atoms with Crippen molar-refractivity contribution < 1.29 is 9.53 Å². The van der Waals surface area contributed by atoms with Crippen LogP contribution in [0, 0.1) is 0 Å². The highest BCUT2D eigenvalue weighted by Crippen LogP contribution is 2.22. The van der Waals surface area contributed by atoms with E-state index in [0.717, 1.165) is 31.7 Å². The summed E-state index contributed by atoms with van der Waals surface area (Å²) in [6.45, 7) is 7.25. The van der Waals surface area contributed by atoms with E-state index >= 15 is 0 Å². The molecule has 7 heteroatoms. The van der Waals surface area contributed by atoms with Crippen LogP contribution in [0.2, 0.25) is 5.15 Å². The molecule has 0 bridgehead atoms. The molecule has 0 atom stereocenters. The van der Waals surface area contributed by atoms with Crippen LogP contribution < -0.4 is 4.90 Å². The van der Waals surface area contributed by atoms with Gasteiger partial charge in [0.1, 0.15) is 16.6 Å². The lowest BCUT2D eigenvalue weighted by molar-refractivity contribution is 0.0201. The number of ether oxygens (including phenoxy) is 1. The van der Waals surface area contributed by atoms with Crippen LogP contribution in [0.25, 0.3) is 0 Å². The van der Waals surface area contributed by atoms with Crippen molar-refractivity contribution in [2.75, 3.05) is 25.0 Å². The molecule has 1 aliphatic rings. The molecule has 1 aromatic heterocycles. The van der Waals surface area contributed by atoms with Gasteiger partial charge in [-0.1, -0.05) is 11.6 Å². The summed E-state index contributed by atoms with van der Waals surface area (Å²) in [6.07, 6.45) is 4.69. The minimum Gasteiger partial charge on any atom is -0.444 e. The number of hydrogen-bond donors (Lipinski definition) is 0. The van der Waals surface area contributed by atoms with Crippen molar-refractivity contribution in [3.8, 4) is 0 Å². The van der Waals surface area contributed by atoms with Gasteiger partial charge in [-0.25, -0.2) is 9.78 Å². The fraction of sp³-hybridized carbons (Fsp3) is 0.667. The first-order valence-corrected chi connectivity index (χ1v) is 7.82. The standard InChI is InChI=1S/C15H23ClN4O2/c1-15(2,3)22-14(21)19(4)11-5-7-20(8-6-11)13-10-17-9-12(16)18-13/h9-11H,5-8H2,1-4H3. The van der Waals surface area contributed by atoms with Gasteiger partial charge in [0.05, 0.1) is 12.4 Å². The van der Waals surface area contributed by atoms with E-state index in [-0.39, 0.29) is 12.1 Å². The Balaban J connectivity index is 1.90. The molecule has 1 saturated heterocycles. The number of anilines is 1. The minimum atomic E-state index is -0.470. The topological polar surface area (TPSA) is 58.6 Å². The lowest BCUT2D eigenvalue weighted by Gasteiger charge is -2.37. The summed E-state index contributed by atoms with van der Waals surface area (Å²) in [5, 5.41) is 0.394. The predicted molar refractivity (Wildman–Crippen MR) is 86.3 cm³/mol. The van der Waals surface area contributed by atoms with Gasteiger partial charge in [-0.15, -0.1) is 0 Å². The third-order valence-electron chi connectivity index (χ3n) is 3.61. The molecule has 1 aliphatic heterocycles. The van der Waals surface area contributed by atoms with E-state index in [0.29, 0.717) is 5.15 Å². The molecule has 0 aromatic carbocycles. The van der Waals surface area contributed by atoms with E-state index < -0.39 is 5.60 Å². The SMILES string of the molecule is CN(C(=O)OC(C)(C)C)C1CCN(c2cncc(Cl)n2)CC1. The monoisotopic (exact) mass is 326 g/mol. The van der Waals surface area contributed by atoms with E-state index in [1.165, 1.54) is 6.20 Å². The Labute approximate surface area is 136 Å². The summed E-state index contributed by atoms with van der Waals surface area (Å²) < 4.78 is 5.41. The maximum atomic E-state index is 12.1. The number of nitrogens with zero attached hydrogens (tertiary/aromatic N) is 4. The Hall–Kier alpha value is -1.56. The maximum absolute atomic E-state index is 12.1. The summed E-state index contributed by atoms with van der Waals surface area (Å²) in [6, 6.07) is 0.179. The second-order valence-electron chi connectivity index (χ2n) is 6.51. The van der Waals surface area contributed by atoms with Crippen molar-refractivity contribution in [3.63, 3.8) is 0 Å². The van der Waals surface area contributed by atoms with Crippen molar-refractivity contribution in [1.29, 1.82) is 0 Å². The van der Waals surface area contributed by atoms with Crippen LogP contribution in [0.3, 0.4) is 0 Å². The van der Waals surface area contributed by atoms with Gasteiger partial charge in [0.15, 0.2) is 0 Å². The number of halogens is 1. The van der Waals surface area contributed by atoms with Crippen LogP contribution in [0.15, 0.2) is 12.4 Å². The molecule has 0 spiro atoms. The molecule has 1 fully saturated rings. The number of amides is 1. The van der Waals surface area contributed by atoms with Gasteiger partial charge in [0.25, 0.3) is 0 Å². The summed E-state index contributed by atoms with van der Waals surface area (Å²) in [5.74, 6) is 0.783. The second-order valence-corrected chi connectivity index (χ2v) is 6.90. The Kier molecular flexibility index (Phi) is 5.11. The second kappa shape index (κ2) is 6.69. The molecule has 122 valence electrons. The number of hydrogen-bond acceptors (Lipinski definition) is 5. The van der Waals surface area contributed by atoms with Crippen LogP contribution in [-0.4, -0.2) is 52.7 Å². The lowest BCUT2D eigenvalue weighted by atomic mass is 10.0. The van der Waals surface area contributed by atoms with Gasteiger partial charge < -0.3 is 14.5 Å². The van der Waals surface area contributed by atoms with Gasteiger partial charge in [0, 0.05) is 26.2 Å². The first-order chi connectivity index (χ1) is 10.3. The van der Waals surface area contributed by atoms with Gasteiger partial charge in [-0.2, -0.15) is 0 Å². The maximum Gasteiger partial charge on any atom is 0.410 e. The summed E-state index contributed by atoms with van der Waals surface area (Å²) >= 11 is 5.88. The highest BCUT2D eigenvalue weighted by molar-refractivity contribution is 6.29. The molecule has 0 aliphatic carbocycles. The Morgan fingerprint density at radius 1 is 1.36 bits per heavy atom. The largest absolute Gasteiger partial charge is 0.444 e. The zero-order chi connectivity index (χ0) is 16.3. The molecule has 0 N–H and O–H groups in total. The summed E-state index contributed by atoms with van der Waals surface area (Å²) in [4.78, 5) is 24.3. The molecule has 0 radical (unpaired) electrons. The molecule has 0 unspecified atom stereocenters. The van der Waals surface area contributed by atoms with Gasteiger partial charge in [-0.3, -0.25) is 4.98 Å². The molecule has 6 nitrogen and oxygen atoms in total. The number of aromatic nitrogens is 2. The molecular weight excluding hydrogens is 304 g/mol. The fourth-order valence-corrected chi connectivity index (χ4v) is 2.59. The Morgan fingerprint density at radius 2 is 2.00 bits per heavy atom. The Morgan fingerprint density at radius 3 is 2.55 bits per heavy atom. The highest BCUT2D eigenvalue weighted by Gasteiger charge is 2.28. The van der Waals surface area contributed by atoms with E-state index in [4.69, 9.17) is 16.3 Å². The zero-order valence-corrected chi connectivity index (χ0v) is 14.3. The molecule has 1 amide bonds. The number of carbonyl (C=O) groups is 1. The van der Waals surface area contributed by atoms with Gasteiger partial charge in [-0.05, 0) is 33.6 Å². The minimum absolute atomic E-state index is 0.179. The van der Waals surface area contributed by atoms with Crippen LogP contribution in [0.5, 0.6) is 0 Å². The fourth-order valence-electron chi connectivity index (χ4n) is 2.45. The predicted octanol–water partition coefficient (Wildman–Crippen LogP) is 2.97. The third-order valence-corrected chi connectivity index (χ3v) is 3.79. The van der Waals surface area contributed by atoms with E-state index in [1.54, 1.807) is 18.1 Å². The van der Waals surface area contributed by atoms with Crippen molar-refractivity contribution >= 4 is 23.5 Å². The van der Waals surface area contributed by atoms with E-state index in [1.807, 2.05) is 20.8 Å². The molecule has 2 heterocycles. The molecule has 22 heavy (non-hydrogen) atoms. The third kappa shape index (κ3) is 4.47. The first kappa shape index (κ1) is 16.8. The van der Waals surface area contributed by atoms with Crippen LogP contribution >= 0.6 is 11.6 Å². The lowest BCUT2D eigenvalue weighted by Crippen LogP contribution is -2.47. The number of rotatable bonds is 2. The zero-order valence-electron chi connectivity index (χ0n) is 13.5. The normalized spacial score (nSPS) is 16.5. The molecule has 2 rings (SSSR count). The van der Waals surface area contributed by atoms with Crippen LogP contribution in [0.4, 0.5) is 10.6 Å². The van der Waals surface area contributed by atoms with Crippen molar-refractivity contribution in [2.45, 2.75) is 45.3 Å². The van der Waals surface area contributed by atoms with E-state index in [2.05, 4.69) is 14.9 Å². The molecular formula is C15H23ClN4O2. The Bertz CT molecular complexity index is 525. The molecule has 0 saturated carbocycles. The highest BCUT2D eigenvalue weighted by atomic mass is 35.5. The van der Waals surface area contributed by atoms with Crippen molar-refractivity contribution in [2.24, 2.45) is 0 Å². The number of piperidine rings is 1. The van der Waals surface area contributed by atoms with Crippen molar-refractivity contribution in [3.05, 3.63) is 17.5 Å². The quantitative estimate of drug-likeness (QED) is 0.836. The average molecular weight is 327 g/mol. The summed E-state index contributed by atoms with van der Waals surface area (Å²) in [5.41, 5.74) is -0.470. The van der Waals surface area contributed by atoms with Crippen molar-refractivity contribution in [1.82, 2.24) is 14.9 Å². The molecule has 1 aromatic rings. The first-order valence-electron chi connectivity index (χ1n) is 7.44.